The molecule has 2 aromatic heterocycles. The first-order valence-corrected chi connectivity index (χ1v) is 11.0. The molecule has 1 amide bonds. The fraction of sp³-hybridized carbons (Fsp3) is 0.381. The predicted octanol–water partition coefficient (Wildman–Crippen LogP) is 5.53. The van der Waals surface area contributed by atoms with Crippen LogP contribution in [0, 0.1) is 0 Å². The Labute approximate surface area is 189 Å². The third kappa shape index (κ3) is 5.49. The van der Waals surface area contributed by atoms with Gasteiger partial charge in [0.25, 0.3) is 0 Å². The molecule has 1 aliphatic rings. The van der Waals surface area contributed by atoms with E-state index in [1.165, 1.54) is 12.1 Å². The zero-order chi connectivity index (χ0) is 23.6. The summed E-state index contributed by atoms with van der Waals surface area (Å²) in [6.07, 6.45) is -1.60. The number of fused-ring (bicyclic) bond motifs is 1. The van der Waals surface area contributed by atoms with Gasteiger partial charge >= 0.3 is 12.8 Å². The number of nitrogens with one attached hydrogen (secondary N) is 1. The van der Waals surface area contributed by atoms with Crippen LogP contribution >= 0.6 is 11.3 Å². The van der Waals surface area contributed by atoms with Crippen LogP contribution in [0.5, 0.6) is 5.75 Å². The highest BCUT2D eigenvalue weighted by Crippen LogP contribution is 2.35. The molecule has 0 unspecified atom stereocenters. The summed E-state index contributed by atoms with van der Waals surface area (Å²) >= 11 is 1.14. The molecule has 1 N–H and O–H groups in total. The first-order valence-electron chi connectivity index (χ1n) is 10.2. The number of alkyl halides is 5. The summed E-state index contributed by atoms with van der Waals surface area (Å²) in [5.41, 5.74) is 0.860. The molecule has 176 valence electrons. The number of benzene rings is 1. The molecule has 1 aromatic carbocycles. The van der Waals surface area contributed by atoms with Gasteiger partial charge in [-0.15, -0.1) is 11.3 Å². The van der Waals surface area contributed by atoms with Crippen LogP contribution < -0.4 is 10.1 Å². The molecule has 0 radical (unpaired) electrons. The number of nitrogens with zero attached hydrogens (tertiary/aromatic N) is 3. The lowest BCUT2D eigenvalue weighted by Crippen LogP contribution is -2.21. The normalized spacial score (nSPS) is 14.1. The van der Waals surface area contributed by atoms with Crippen LogP contribution in [0.4, 0.5) is 27.1 Å². The number of rotatable bonds is 6. The van der Waals surface area contributed by atoms with E-state index in [0.717, 1.165) is 28.9 Å². The summed E-state index contributed by atoms with van der Waals surface area (Å²) in [6, 6.07) is 5.85. The quantitative estimate of drug-likeness (QED) is 0.367. The number of carbonyl (C=O) groups excluding carboxylic acids is 1. The van der Waals surface area contributed by atoms with Crippen molar-refractivity contribution in [2.45, 2.75) is 51.4 Å². The van der Waals surface area contributed by atoms with Gasteiger partial charge in [-0.25, -0.2) is 4.98 Å². The molecule has 0 atom stereocenters. The molecule has 0 bridgehead atoms. The van der Waals surface area contributed by atoms with E-state index >= 15 is 0 Å². The van der Waals surface area contributed by atoms with E-state index in [1.807, 2.05) is 0 Å². The second-order valence-electron chi connectivity index (χ2n) is 7.48. The van der Waals surface area contributed by atoms with Crippen LogP contribution in [-0.4, -0.2) is 27.3 Å². The van der Waals surface area contributed by atoms with Crippen molar-refractivity contribution in [1.29, 1.82) is 0 Å². The molecule has 0 spiro atoms. The van der Waals surface area contributed by atoms with Gasteiger partial charge in [-0.3, -0.25) is 9.48 Å². The third-order valence-electron chi connectivity index (χ3n) is 5.19. The molecule has 2 heterocycles. The third-order valence-corrected chi connectivity index (χ3v) is 5.95. The second-order valence-corrected chi connectivity index (χ2v) is 8.34. The maximum absolute atomic E-state index is 13.4. The molecule has 3 aromatic rings. The molecule has 6 nitrogen and oxygen atoms in total. The molecule has 0 aliphatic heterocycles. The summed E-state index contributed by atoms with van der Waals surface area (Å²) in [4.78, 5) is 16.8. The zero-order valence-corrected chi connectivity index (χ0v) is 18.0. The van der Waals surface area contributed by atoms with E-state index in [2.05, 4.69) is 20.1 Å². The number of ether oxygens (including phenoxy) is 1. The van der Waals surface area contributed by atoms with E-state index in [9.17, 15) is 26.7 Å². The molecule has 1 aliphatic carbocycles. The van der Waals surface area contributed by atoms with Crippen LogP contribution in [0.3, 0.4) is 0 Å². The van der Waals surface area contributed by atoms with Crippen molar-refractivity contribution in [3.8, 4) is 17.0 Å². The molecule has 0 saturated heterocycles. The van der Waals surface area contributed by atoms with Gasteiger partial charge in [-0.05, 0) is 49.9 Å². The number of aromatic nitrogens is 3. The Morgan fingerprint density at radius 1 is 1.15 bits per heavy atom. The Hall–Kier alpha value is -3.02. The van der Waals surface area contributed by atoms with Gasteiger partial charge in [-0.1, -0.05) is 6.42 Å². The summed E-state index contributed by atoms with van der Waals surface area (Å²) in [7, 11) is 0. The lowest BCUT2D eigenvalue weighted by Gasteiger charge is -2.07. The number of carbonyl (C=O) groups is 1. The van der Waals surface area contributed by atoms with E-state index in [-0.39, 0.29) is 23.0 Å². The number of amides is 1. The molecule has 0 saturated carbocycles. The van der Waals surface area contributed by atoms with Gasteiger partial charge in [0, 0.05) is 22.2 Å². The smallest absolute Gasteiger partial charge is 0.435 e. The Morgan fingerprint density at radius 2 is 1.88 bits per heavy atom. The van der Waals surface area contributed by atoms with Crippen molar-refractivity contribution in [2.75, 3.05) is 5.32 Å². The summed E-state index contributed by atoms with van der Waals surface area (Å²) in [5.74, 6) is -0.533. The number of halogens is 5. The van der Waals surface area contributed by atoms with Crippen LogP contribution in [0.2, 0.25) is 0 Å². The minimum Gasteiger partial charge on any atom is -0.435 e. The van der Waals surface area contributed by atoms with Crippen molar-refractivity contribution in [3.63, 3.8) is 0 Å². The standard InChI is InChI=1S/C21H19F5N4O2S/c22-19(23)32-13-8-6-12(7-9-13)15-11-33-20(27-15)28-17(31)10-30-16-5-3-1-2-4-14(16)18(29-30)21(24,25)26/h6-9,11,19H,1-5,10H2,(H,27,28,31). The maximum Gasteiger partial charge on any atom is 0.435 e. The highest BCUT2D eigenvalue weighted by Gasteiger charge is 2.39. The van der Waals surface area contributed by atoms with Crippen molar-refractivity contribution in [2.24, 2.45) is 0 Å². The van der Waals surface area contributed by atoms with Gasteiger partial charge in [0.2, 0.25) is 5.91 Å². The summed E-state index contributed by atoms with van der Waals surface area (Å²) in [6.45, 7) is -3.28. The van der Waals surface area contributed by atoms with Gasteiger partial charge < -0.3 is 10.1 Å². The fourth-order valence-corrected chi connectivity index (χ4v) is 4.51. The Balaban J connectivity index is 1.46. The largest absolute Gasteiger partial charge is 0.435 e. The Bertz CT molecular complexity index is 1120. The van der Waals surface area contributed by atoms with Crippen molar-refractivity contribution in [1.82, 2.24) is 14.8 Å². The van der Waals surface area contributed by atoms with E-state index in [1.54, 1.807) is 17.5 Å². The Kier molecular flexibility index (Phi) is 6.63. The minimum atomic E-state index is -4.57. The average Bonchev–Trinajstić information content (AvgIpc) is 3.25. The lowest BCUT2D eigenvalue weighted by molar-refractivity contribution is -0.142. The topological polar surface area (TPSA) is 69.0 Å². The summed E-state index contributed by atoms with van der Waals surface area (Å²) in [5, 5.41) is 8.24. The zero-order valence-electron chi connectivity index (χ0n) is 17.2. The number of hydrogen-bond acceptors (Lipinski definition) is 5. The highest BCUT2D eigenvalue weighted by atomic mass is 32.1. The van der Waals surface area contributed by atoms with Gasteiger partial charge in [-0.2, -0.15) is 27.1 Å². The number of thiazole rings is 1. The molecule has 0 fully saturated rings. The van der Waals surface area contributed by atoms with Crippen LogP contribution in [0.15, 0.2) is 29.6 Å². The lowest BCUT2D eigenvalue weighted by atomic mass is 10.1. The minimum absolute atomic E-state index is 0.00841. The van der Waals surface area contributed by atoms with Gasteiger partial charge in [0.15, 0.2) is 10.8 Å². The van der Waals surface area contributed by atoms with Gasteiger partial charge in [0.1, 0.15) is 12.3 Å². The second kappa shape index (κ2) is 9.46. The van der Waals surface area contributed by atoms with E-state index in [4.69, 9.17) is 0 Å². The fourth-order valence-electron chi connectivity index (χ4n) is 3.77. The van der Waals surface area contributed by atoms with Crippen molar-refractivity contribution >= 4 is 22.4 Å². The predicted molar refractivity (Wildman–Crippen MR) is 111 cm³/mol. The summed E-state index contributed by atoms with van der Waals surface area (Å²) < 4.78 is 70.3. The molecular formula is C21H19F5N4O2S. The molecule has 12 heteroatoms. The van der Waals surface area contributed by atoms with Crippen molar-refractivity contribution in [3.05, 3.63) is 46.6 Å². The molecule has 4 rings (SSSR count). The average molecular weight is 486 g/mol. The molecular weight excluding hydrogens is 467 g/mol. The van der Waals surface area contributed by atoms with Crippen LogP contribution in [-0.2, 0) is 30.4 Å². The first kappa shape index (κ1) is 23.1. The van der Waals surface area contributed by atoms with Gasteiger partial charge in [0.05, 0.1) is 5.69 Å². The number of hydrogen-bond donors (Lipinski definition) is 1. The SMILES string of the molecule is O=C(Cn1nc(C(F)(F)F)c2c1CCCCC2)Nc1nc(-c2ccc(OC(F)F)cc2)cs1. The van der Waals surface area contributed by atoms with Crippen LogP contribution in [0.25, 0.3) is 11.3 Å². The van der Waals surface area contributed by atoms with Crippen LogP contribution in [0.1, 0.15) is 36.2 Å². The van der Waals surface area contributed by atoms with Crippen molar-refractivity contribution < 1.29 is 31.5 Å². The monoisotopic (exact) mass is 486 g/mol. The van der Waals surface area contributed by atoms with E-state index < -0.39 is 24.4 Å². The Morgan fingerprint density at radius 3 is 2.58 bits per heavy atom. The maximum atomic E-state index is 13.4. The number of anilines is 1. The highest BCUT2D eigenvalue weighted by molar-refractivity contribution is 7.14. The molecule has 33 heavy (non-hydrogen) atoms. The first-order chi connectivity index (χ1) is 15.7. The van der Waals surface area contributed by atoms with E-state index in [0.29, 0.717) is 36.2 Å².